The van der Waals surface area contributed by atoms with Crippen LogP contribution in [-0.4, -0.2) is 17.3 Å². The van der Waals surface area contributed by atoms with Crippen molar-refractivity contribution in [2.75, 3.05) is 7.11 Å². The smallest absolute Gasteiger partial charge is 0.254 e. The van der Waals surface area contributed by atoms with Crippen molar-refractivity contribution in [1.29, 1.82) is 0 Å². The first-order valence-corrected chi connectivity index (χ1v) is 5.24. The third kappa shape index (κ3) is 1.73. The van der Waals surface area contributed by atoms with Crippen LogP contribution in [0.5, 0.6) is 5.88 Å². The van der Waals surface area contributed by atoms with Crippen molar-refractivity contribution in [3.8, 4) is 17.3 Å². The number of methoxy groups -OCH3 is 1. The average molecular weight is 226 g/mol. The van der Waals surface area contributed by atoms with Crippen LogP contribution in [0.1, 0.15) is 0 Å². The minimum Gasteiger partial charge on any atom is -0.479 e. The molecule has 0 fully saturated rings. The van der Waals surface area contributed by atoms with Crippen LogP contribution in [0.15, 0.2) is 47.0 Å². The number of benzene rings is 1. The van der Waals surface area contributed by atoms with Crippen LogP contribution in [0.25, 0.3) is 22.4 Å². The number of rotatable bonds is 2. The predicted octanol–water partition coefficient (Wildman–Crippen LogP) is 2.90. The lowest BCUT2D eigenvalue weighted by Crippen LogP contribution is -1.83. The molecule has 0 bridgehead atoms. The summed E-state index contributed by atoms with van der Waals surface area (Å²) in [6.07, 6.45) is 0. The summed E-state index contributed by atoms with van der Waals surface area (Å²) in [7, 11) is 1.55. The number of ether oxygens (including phenoxy) is 1. The molecular weight excluding hydrogens is 216 g/mol. The maximum atomic E-state index is 5.15. The number of para-hydroxylation sites is 1. The zero-order valence-corrected chi connectivity index (χ0v) is 9.25. The Bertz CT molecular complexity index is 661. The van der Waals surface area contributed by atoms with Crippen molar-refractivity contribution in [3.63, 3.8) is 0 Å². The number of pyridine rings is 1. The molecule has 0 aliphatic heterocycles. The molecule has 0 N–H and O–H groups in total. The summed E-state index contributed by atoms with van der Waals surface area (Å²) in [4.78, 5) is 4.50. The minimum absolute atomic E-state index is 0.454. The summed E-state index contributed by atoms with van der Waals surface area (Å²) in [6.45, 7) is 0. The largest absolute Gasteiger partial charge is 0.479 e. The highest BCUT2D eigenvalue weighted by Gasteiger charge is 2.08. The Morgan fingerprint density at radius 3 is 2.82 bits per heavy atom. The SMILES string of the molecule is COc1cc(-c2ccc3ccccc3n2)on1. The molecule has 84 valence electrons. The molecule has 3 rings (SSSR count). The molecule has 2 heterocycles. The van der Waals surface area contributed by atoms with Crippen molar-refractivity contribution >= 4 is 10.9 Å². The summed E-state index contributed by atoms with van der Waals surface area (Å²) in [5.74, 6) is 1.06. The molecule has 0 radical (unpaired) electrons. The van der Waals surface area contributed by atoms with E-state index in [9.17, 15) is 0 Å². The van der Waals surface area contributed by atoms with Crippen LogP contribution in [0.2, 0.25) is 0 Å². The van der Waals surface area contributed by atoms with Crippen molar-refractivity contribution in [2.24, 2.45) is 0 Å². The zero-order chi connectivity index (χ0) is 11.7. The summed E-state index contributed by atoms with van der Waals surface area (Å²) < 4.78 is 10.1. The Kier molecular flexibility index (Phi) is 2.26. The first kappa shape index (κ1) is 9.84. The topological polar surface area (TPSA) is 48.2 Å². The van der Waals surface area contributed by atoms with E-state index in [4.69, 9.17) is 9.26 Å². The summed E-state index contributed by atoms with van der Waals surface area (Å²) in [6, 6.07) is 13.6. The Morgan fingerprint density at radius 1 is 1.12 bits per heavy atom. The highest BCUT2D eigenvalue weighted by Crippen LogP contribution is 2.23. The highest BCUT2D eigenvalue weighted by atomic mass is 16.5. The molecule has 0 atom stereocenters. The Balaban J connectivity index is 2.11. The predicted molar refractivity (Wildman–Crippen MR) is 63.8 cm³/mol. The number of hydrogen-bond acceptors (Lipinski definition) is 4. The summed E-state index contributed by atoms with van der Waals surface area (Å²) in [5.41, 5.74) is 1.68. The molecule has 2 aromatic heterocycles. The van der Waals surface area contributed by atoms with Crippen molar-refractivity contribution in [2.45, 2.75) is 0 Å². The molecular formula is C13H10N2O2. The first-order chi connectivity index (χ1) is 8.36. The molecule has 0 spiro atoms. The number of nitrogens with zero attached hydrogens (tertiary/aromatic N) is 2. The van der Waals surface area contributed by atoms with Gasteiger partial charge in [0.25, 0.3) is 5.88 Å². The second kappa shape index (κ2) is 3.90. The maximum Gasteiger partial charge on any atom is 0.254 e. The van der Waals surface area contributed by atoms with Gasteiger partial charge in [-0.2, -0.15) is 0 Å². The molecule has 0 aliphatic rings. The fraction of sp³-hybridized carbons (Fsp3) is 0.0769. The number of hydrogen-bond donors (Lipinski definition) is 0. The van der Waals surface area contributed by atoms with E-state index in [0.717, 1.165) is 16.6 Å². The monoisotopic (exact) mass is 226 g/mol. The second-order valence-electron chi connectivity index (χ2n) is 3.62. The van der Waals surface area contributed by atoms with E-state index in [1.54, 1.807) is 13.2 Å². The zero-order valence-electron chi connectivity index (χ0n) is 9.25. The van der Waals surface area contributed by atoms with Crippen LogP contribution >= 0.6 is 0 Å². The van der Waals surface area contributed by atoms with Crippen LogP contribution in [-0.2, 0) is 0 Å². The third-order valence-corrected chi connectivity index (χ3v) is 2.55. The standard InChI is InChI=1S/C13H10N2O2/c1-16-13-8-12(17-15-13)11-7-6-9-4-2-3-5-10(9)14-11/h2-8H,1H3. The molecule has 0 saturated carbocycles. The molecule has 4 heteroatoms. The quantitative estimate of drug-likeness (QED) is 0.674. The van der Waals surface area contributed by atoms with Gasteiger partial charge in [0.1, 0.15) is 5.69 Å². The van der Waals surface area contributed by atoms with Crippen LogP contribution in [0.4, 0.5) is 0 Å². The van der Waals surface area contributed by atoms with Crippen LogP contribution in [0.3, 0.4) is 0 Å². The van der Waals surface area contributed by atoms with Gasteiger partial charge in [0.2, 0.25) is 0 Å². The normalized spacial score (nSPS) is 10.6. The molecule has 1 aromatic carbocycles. The van der Waals surface area contributed by atoms with Crippen molar-refractivity contribution < 1.29 is 9.26 Å². The van der Waals surface area contributed by atoms with Gasteiger partial charge in [-0.3, -0.25) is 0 Å². The molecule has 0 saturated heterocycles. The fourth-order valence-corrected chi connectivity index (χ4v) is 1.68. The fourth-order valence-electron chi connectivity index (χ4n) is 1.68. The van der Waals surface area contributed by atoms with E-state index < -0.39 is 0 Å². The minimum atomic E-state index is 0.454. The van der Waals surface area contributed by atoms with E-state index >= 15 is 0 Å². The molecule has 3 aromatic rings. The van der Waals surface area contributed by atoms with Gasteiger partial charge in [-0.1, -0.05) is 24.3 Å². The number of fused-ring (bicyclic) bond motifs is 1. The second-order valence-corrected chi connectivity index (χ2v) is 3.62. The maximum absolute atomic E-state index is 5.15. The lowest BCUT2D eigenvalue weighted by Gasteiger charge is -1.98. The van der Waals surface area contributed by atoms with Crippen molar-refractivity contribution in [1.82, 2.24) is 10.1 Å². The van der Waals surface area contributed by atoms with Gasteiger partial charge in [-0.05, 0) is 17.3 Å². The van der Waals surface area contributed by atoms with E-state index in [2.05, 4.69) is 10.1 Å². The van der Waals surface area contributed by atoms with Gasteiger partial charge in [0.15, 0.2) is 5.76 Å². The number of aromatic nitrogens is 2. The van der Waals surface area contributed by atoms with E-state index in [1.807, 2.05) is 36.4 Å². The van der Waals surface area contributed by atoms with Crippen molar-refractivity contribution in [3.05, 3.63) is 42.5 Å². The van der Waals surface area contributed by atoms with Gasteiger partial charge in [0.05, 0.1) is 18.7 Å². The summed E-state index contributed by atoms with van der Waals surface area (Å²) in [5, 5.41) is 4.85. The molecule has 0 aliphatic carbocycles. The summed E-state index contributed by atoms with van der Waals surface area (Å²) >= 11 is 0. The van der Waals surface area contributed by atoms with Gasteiger partial charge >= 0.3 is 0 Å². The van der Waals surface area contributed by atoms with E-state index in [1.165, 1.54) is 0 Å². The van der Waals surface area contributed by atoms with Gasteiger partial charge in [0, 0.05) is 5.39 Å². The Morgan fingerprint density at radius 2 is 2.00 bits per heavy atom. The highest BCUT2D eigenvalue weighted by molar-refractivity contribution is 5.80. The van der Waals surface area contributed by atoms with E-state index in [0.29, 0.717) is 11.6 Å². The third-order valence-electron chi connectivity index (χ3n) is 2.55. The van der Waals surface area contributed by atoms with Crippen LogP contribution < -0.4 is 4.74 Å². The van der Waals surface area contributed by atoms with Gasteiger partial charge in [-0.15, -0.1) is 0 Å². The Hall–Kier alpha value is -2.36. The van der Waals surface area contributed by atoms with E-state index in [-0.39, 0.29) is 0 Å². The molecule has 0 unspecified atom stereocenters. The Labute approximate surface area is 97.8 Å². The first-order valence-electron chi connectivity index (χ1n) is 5.24. The van der Waals surface area contributed by atoms with Crippen LogP contribution in [0, 0.1) is 0 Å². The molecule has 0 amide bonds. The van der Waals surface area contributed by atoms with Gasteiger partial charge in [-0.25, -0.2) is 4.98 Å². The molecule has 4 nitrogen and oxygen atoms in total. The lowest BCUT2D eigenvalue weighted by molar-refractivity contribution is 0.342. The molecule has 17 heavy (non-hydrogen) atoms. The lowest BCUT2D eigenvalue weighted by atomic mass is 10.2. The average Bonchev–Trinajstić information content (AvgIpc) is 2.87. The van der Waals surface area contributed by atoms with Gasteiger partial charge < -0.3 is 9.26 Å².